The van der Waals surface area contributed by atoms with Crippen LogP contribution in [0.3, 0.4) is 0 Å². The number of hydrogen-bond donors (Lipinski definition) is 1. The Labute approximate surface area is 205 Å². The summed E-state index contributed by atoms with van der Waals surface area (Å²) < 4.78 is 10.5. The first-order valence-corrected chi connectivity index (χ1v) is 11.5. The highest BCUT2D eigenvalue weighted by Crippen LogP contribution is 2.22. The van der Waals surface area contributed by atoms with E-state index in [1.54, 1.807) is 24.1 Å². The van der Waals surface area contributed by atoms with E-state index in [9.17, 15) is 9.59 Å². The maximum Gasteiger partial charge on any atom is 0.294 e. The summed E-state index contributed by atoms with van der Waals surface area (Å²) in [7, 11) is 1.64. The molecule has 4 aromatic rings. The first-order chi connectivity index (χ1) is 17.1. The maximum absolute atomic E-state index is 13.1. The lowest BCUT2D eigenvalue weighted by molar-refractivity contribution is -0.120. The Balaban J connectivity index is 1.36. The molecule has 35 heavy (non-hydrogen) atoms. The molecule has 1 aromatic heterocycles. The molecule has 0 spiro atoms. The third-order valence-corrected chi connectivity index (χ3v) is 5.67. The predicted octanol–water partition coefficient (Wildman–Crippen LogP) is 5.04. The molecule has 0 atom stereocenters. The number of carbonyl (C=O) groups excluding carboxylic acids is 2. The SMILES string of the molecule is COc1ccc(CCNC(=O)Cc2ccc(N(Cc3ccccc3)C(=O)c3ccco3)cc2)cc1. The van der Waals surface area contributed by atoms with Gasteiger partial charge in [0.05, 0.1) is 26.3 Å². The van der Waals surface area contributed by atoms with E-state index in [0.717, 1.165) is 34.5 Å². The van der Waals surface area contributed by atoms with Crippen molar-refractivity contribution in [1.29, 1.82) is 0 Å². The van der Waals surface area contributed by atoms with Crippen molar-refractivity contribution >= 4 is 17.5 Å². The van der Waals surface area contributed by atoms with Crippen LogP contribution in [0, 0.1) is 0 Å². The molecule has 0 radical (unpaired) electrons. The lowest BCUT2D eigenvalue weighted by atomic mass is 10.1. The van der Waals surface area contributed by atoms with Crippen LogP contribution in [-0.2, 0) is 24.2 Å². The summed E-state index contributed by atoms with van der Waals surface area (Å²) in [5, 5.41) is 2.97. The highest BCUT2D eigenvalue weighted by atomic mass is 16.5. The normalized spacial score (nSPS) is 10.5. The minimum atomic E-state index is -0.220. The quantitative estimate of drug-likeness (QED) is 0.354. The van der Waals surface area contributed by atoms with Gasteiger partial charge in [-0.2, -0.15) is 0 Å². The number of anilines is 1. The number of carbonyl (C=O) groups is 2. The standard InChI is InChI=1S/C29H28N2O4/c1-34-26-15-11-22(12-16-26)17-18-30-28(32)20-23-9-13-25(14-10-23)31(21-24-6-3-2-4-7-24)29(33)27-8-5-19-35-27/h2-16,19H,17-18,20-21H2,1H3,(H,30,32). The Morgan fingerprint density at radius 3 is 2.20 bits per heavy atom. The Hall–Kier alpha value is -4.32. The third kappa shape index (κ3) is 6.60. The average Bonchev–Trinajstić information content (AvgIpc) is 3.44. The predicted molar refractivity (Wildman–Crippen MR) is 136 cm³/mol. The Bertz CT molecular complexity index is 1220. The van der Waals surface area contributed by atoms with Gasteiger partial charge in [0.2, 0.25) is 5.91 Å². The van der Waals surface area contributed by atoms with Crippen LogP contribution in [0.15, 0.2) is 102 Å². The number of benzene rings is 3. The summed E-state index contributed by atoms with van der Waals surface area (Å²) >= 11 is 0. The number of nitrogens with one attached hydrogen (secondary N) is 1. The first kappa shape index (κ1) is 23.8. The van der Waals surface area contributed by atoms with Gasteiger partial charge in [0.25, 0.3) is 5.91 Å². The molecular weight excluding hydrogens is 440 g/mol. The van der Waals surface area contributed by atoms with Crippen molar-refractivity contribution < 1.29 is 18.7 Å². The van der Waals surface area contributed by atoms with Crippen molar-refractivity contribution in [3.05, 3.63) is 120 Å². The van der Waals surface area contributed by atoms with Crippen LogP contribution in [0.4, 0.5) is 5.69 Å². The van der Waals surface area contributed by atoms with E-state index in [1.165, 1.54) is 6.26 Å². The van der Waals surface area contributed by atoms with Crippen molar-refractivity contribution in [3.8, 4) is 5.75 Å². The van der Waals surface area contributed by atoms with Gasteiger partial charge in [-0.05, 0) is 59.5 Å². The number of amides is 2. The highest BCUT2D eigenvalue weighted by Gasteiger charge is 2.20. The maximum atomic E-state index is 13.1. The zero-order chi connectivity index (χ0) is 24.5. The monoisotopic (exact) mass is 468 g/mol. The highest BCUT2D eigenvalue weighted by molar-refractivity contribution is 6.04. The summed E-state index contributed by atoms with van der Waals surface area (Å²) in [6.07, 6.45) is 2.51. The van der Waals surface area contributed by atoms with E-state index in [0.29, 0.717) is 13.1 Å². The van der Waals surface area contributed by atoms with Crippen LogP contribution in [0.1, 0.15) is 27.2 Å². The Kier molecular flexibility index (Phi) is 7.96. The molecule has 1 N–H and O–H groups in total. The van der Waals surface area contributed by atoms with E-state index in [4.69, 9.17) is 9.15 Å². The molecule has 0 aliphatic heterocycles. The molecule has 0 aliphatic carbocycles. The molecule has 3 aromatic carbocycles. The lowest BCUT2D eigenvalue weighted by Crippen LogP contribution is -2.30. The smallest absolute Gasteiger partial charge is 0.294 e. The van der Waals surface area contributed by atoms with E-state index in [1.807, 2.05) is 78.9 Å². The van der Waals surface area contributed by atoms with Gasteiger partial charge in [0.1, 0.15) is 5.75 Å². The lowest BCUT2D eigenvalue weighted by Gasteiger charge is -2.22. The molecule has 0 saturated carbocycles. The molecule has 178 valence electrons. The number of hydrogen-bond acceptors (Lipinski definition) is 4. The van der Waals surface area contributed by atoms with Crippen molar-refractivity contribution in [2.24, 2.45) is 0 Å². The van der Waals surface area contributed by atoms with E-state index < -0.39 is 0 Å². The molecule has 0 saturated heterocycles. The van der Waals surface area contributed by atoms with Crippen molar-refractivity contribution in [2.75, 3.05) is 18.6 Å². The van der Waals surface area contributed by atoms with Crippen LogP contribution in [0.25, 0.3) is 0 Å². The van der Waals surface area contributed by atoms with E-state index in [-0.39, 0.29) is 24.0 Å². The summed E-state index contributed by atoms with van der Waals surface area (Å²) in [4.78, 5) is 27.2. The Morgan fingerprint density at radius 1 is 0.829 bits per heavy atom. The zero-order valence-corrected chi connectivity index (χ0v) is 19.6. The second-order valence-electron chi connectivity index (χ2n) is 8.15. The molecule has 4 rings (SSSR count). The number of ether oxygens (including phenoxy) is 1. The largest absolute Gasteiger partial charge is 0.497 e. The number of rotatable bonds is 10. The number of nitrogens with zero attached hydrogens (tertiary/aromatic N) is 1. The van der Waals surface area contributed by atoms with Gasteiger partial charge in [-0.25, -0.2) is 0 Å². The Morgan fingerprint density at radius 2 is 1.54 bits per heavy atom. The van der Waals surface area contributed by atoms with Gasteiger partial charge in [-0.15, -0.1) is 0 Å². The molecule has 0 unspecified atom stereocenters. The number of furan rings is 1. The fraction of sp³-hybridized carbons (Fsp3) is 0.172. The molecule has 0 fully saturated rings. The van der Waals surface area contributed by atoms with Gasteiger partial charge >= 0.3 is 0 Å². The summed E-state index contributed by atoms with van der Waals surface area (Å²) in [5.74, 6) is 0.831. The molecule has 6 nitrogen and oxygen atoms in total. The molecule has 6 heteroatoms. The molecule has 2 amide bonds. The summed E-state index contributed by atoms with van der Waals surface area (Å²) in [5.41, 5.74) is 3.75. The van der Waals surface area contributed by atoms with E-state index in [2.05, 4.69) is 5.32 Å². The van der Waals surface area contributed by atoms with Gasteiger partial charge in [0, 0.05) is 12.2 Å². The van der Waals surface area contributed by atoms with Crippen LogP contribution in [0.2, 0.25) is 0 Å². The van der Waals surface area contributed by atoms with Gasteiger partial charge in [-0.1, -0.05) is 54.6 Å². The van der Waals surface area contributed by atoms with Gasteiger partial charge < -0.3 is 19.4 Å². The molecule has 0 aliphatic rings. The number of methoxy groups -OCH3 is 1. The van der Waals surface area contributed by atoms with Crippen LogP contribution in [-0.4, -0.2) is 25.5 Å². The molecule has 0 bridgehead atoms. The first-order valence-electron chi connectivity index (χ1n) is 11.5. The van der Waals surface area contributed by atoms with E-state index >= 15 is 0 Å². The van der Waals surface area contributed by atoms with Crippen molar-refractivity contribution in [2.45, 2.75) is 19.4 Å². The minimum absolute atomic E-state index is 0.0425. The summed E-state index contributed by atoms with van der Waals surface area (Å²) in [6.45, 7) is 0.970. The second kappa shape index (κ2) is 11.7. The topological polar surface area (TPSA) is 71.8 Å². The van der Waals surface area contributed by atoms with Crippen LogP contribution in [0.5, 0.6) is 5.75 Å². The average molecular weight is 469 g/mol. The van der Waals surface area contributed by atoms with Crippen LogP contribution < -0.4 is 15.0 Å². The van der Waals surface area contributed by atoms with Crippen molar-refractivity contribution in [3.63, 3.8) is 0 Å². The second-order valence-corrected chi connectivity index (χ2v) is 8.15. The molecule has 1 heterocycles. The fourth-order valence-corrected chi connectivity index (χ4v) is 3.76. The van der Waals surface area contributed by atoms with Crippen LogP contribution >= 0.6 is 0 Å². The zero-order valence-electron chi connectivity index (χ0n) is 19.6. The van der Waals surface area contributed by atoms with Crippen molar-refractivity contribution in [1.82, 2.24) is 5.32 Å². The van der Waals surface area contributed by atoms with Gasteiger partial charge in [-0.3, -0.25) is 9.59 Å². The summed E-state index contributed by atoms with van der Waals surface area (Å²) in [6, 6.07) is 28.5. The minimum Gasteiger partial charge on any atom is -0.497 e. The third-order valence-electron chi connectivity index (χ3n) is 5.67. The van der Waals surface area contributed by atoms with Gasteiger partial charge in [0.15, 0.2) is 5.76 Å². The fourth-order valence-electron chi connectivity index (χ4n) is 3.76. The molecular formula is C29H28N2O4.